The van der Waals surface area contributed by atoms with Crippen LogP contribution in [-0.2, 0) is 16.1 Å². The largest absolute Gasteiger partial charge is 0.444 e. The number of aromatic nitrogens is 2. The highest BCUT2D eigenvalue weighted by atomic mass is 35.5. The number of carbonyl (C=O) groups excluding carboxylic acids is 2. The second-order valence-corrected chi connectivity index (χ2v) is 7.10. The van der Waals surface area contributed by atoms with Gasteiger partial charge in [-0.25, -0.2) is 9.78 Å². The van der Waals surface area contributed by atoms with Crippen LogP contribution in [0.4, 0.5) is 4.79 Å². The summed E-state index contributed by atoms with van der Waals surface area (Å²) in [5, 5.41) is 3.04. The van der Waals surface area contributed by atoms with Crippen LogP contribution in [0.3, 0.4) is 0 Å². The van der Waals surface area contributed by atoms with Crippen molar-refractivity contribution in [2.75, 3.05) is 6.54 Å². The van der Waals surface area contributed by atoms with Gasteiger partial charge in [-0.3, -0.25) is 9.78 Å². The molecular formula is C16H23ClN4O3. The Hall–Kier alpha value is -1.89. The van der Waals surface area contributed by atoms with E-state index in [0.717, 1.165) is 12.8 Å². The molecule has 1 fully saturated rings. The molecule has 1 atom stereocenters. The van der Waals surface area contributed by atoms with E-state index >= 15 is 0 Å². The average Bonchev–Trinajstić information content (AvgIpc) is 2.93. The fourth-order valence-electron chi connectivity index (χ4n) is 2.55. The van der Waals surface area contributed by atoms with Crippen molar-refractivity contribution in [3.63, 3.8) is 0 Å². The van der Waals surface area contributed by atoms with Crippen molar-refractivity contribution in [3.8, 4) is 0 Å². The fourth-order valence-corrected chi connectivity index (χ4v) is 2.72. The Morgan fingerprint density at radius 3 is 2.75 bits per heavy atom. The summed E-state index contributed by atoms with van der Waals surface area (Å²) in [4.78, 5) is 34.0. The average molecular weight is 355 g/mol. The molecule has 2 heterocycles. The van der Waals surface area contributed by atoms with Crippen LogP contribution in [0.1, 0.15) is 45.7 Å². The number of carbonyl (C=O) groups is 2. The molecule has 0 spiro atoms. The Labute approximate surface area is 146 Å². The van der Waals surface area contributed by atoms with Crippen molar-refractivity contribution in [3.05, 3.63) is 23.2 Å². The quantitative estimate of drug-likeness (QED) is 0.898. The van der Waals surface area contributed by atoms with Crippen LogP contribution < -0.4 is 5.32 Å². The van der Waals surface area contributed by atoms with Gasteiger partial charge in [0.2, 0.25) is 5.91 Å². The van der Waals surface area contributed by atoms with Gasteiger partial charge in [-0.15, -0.1) is 0 Å². The van der Waals surface area contributed by atoms with E-state index < -0.39 is 5.60 Å². The van der Waals surface area contributed by atoms with E-state index in [-0.39, 0.29) is 36.2 Å². The summed E-state index contributed by atoms with van der Waals surface area (Å²) >= 11 is 5.91. The minimum atomic E-state index is -0.546. The number of likely N-dealkylation sites (tertiary alicyclic amines) is 1. The lowest BCUT2D eigenvalue weighted by molar-refractivity contribution is -0.122. The maximum atomic E-state index is 12.2. The predicted molar refractivity (Wildman–Crippen MR) is 89.5 cm³/mol. The zero-order chi connectivity index (χ0) is 17.7. The molecule has 1 aromatic rings. The molecule has 1 saturated heterocycles. The van der Waals surface area contributed by atoms with E-state index in [0.29, 0.717) is 12.2 Å². The normalized spacial score (nSPS) is 17.7. The predicted octanol–water partition coefficient (Wildman–Crippen LogP) is 2.54. The summed E-state index contributed by atoms with van der Waals surface area (Å²) in [7, 11) is 0. The first-order valence-electron chi connectivity index (χ1n) is 7.98. The number of amides is 2. The molecule has 2 amide bonds. The molecule has 2 rings (SSSR count). The number of nitrogens with one attached hydrogen (secondary N) is 1. The Morgan fingerprint density at radius 1 is 1.38 bits per heavy atom. The van der Waals surface area contributed by atoms with Gasteiger partial charge >= 0.3 is 6.09 Å². The number of hydrogen-bond acceptors (Lipinski definition) is 5. The minimum Gasteiger partial charge on any atom is -0.444 e. The summed E-state index contributed by atoms with van der Waals surface area (Å²) in [6.07, 6.45) is 4.54. The summed E-state index contributed by atoms with van der Waals surface area (Å²) in [5.74, 6) is -0.155. The maximum absolute atomic E-state index is 12.2. The molecule has 7 nitrogen and oxygen atoms in total. The minimum absolute atomic E-state index is 0.142. The molecule has 1 aliphatic heterocycles. The third-order valence-electron chi connectivity index (χ3n) is 3.60. The Kier molecular flexibility index (Phi) is 5.99. The first-order valence-corrected chi connectivity index (χ1v) is 8.36. The molecule has 1 aliphatic rings. The van der Waals surface area contributed by atoms with Crippen molar-refractivity contribution in [2.45, 2.75) is 58.2 Å². The van der Waals surface area contributed by atoms with Gasteiger partial charge in [-0.2, -0.15) is 0 Å². The van der Waals surface area contributed by atoms with Gasteiger partial charge in [0.05, 0.1) is 12.2 Å². The zero-order valence-corrected chi connectivity index (χ0v) is 15.0. The number of nitrogens with zero attached hydrogens (tertiary/aromatic N) is 3. The van der Waals surface area contributed by atoms with Crippen molar-refractivity contribution >= 4 is 23.6 Å². The summed E-state index contributed by atoms with van der Waals surface area (Å²) in [5.41, 5.74) is -0.0298. The molecule has 1 unspecified atom stereocenters. The Morgan fingerprint density at radius 2 is 2.08 bits per heavy atom. The zero-order valence-electron chi connectivity index (χ0n) is 14.2. The molecule has 1 aromatic heterocycles. The fraction of sp³-hybridized carbons (Fsp3) is 0.625. The van der Waals surface area contributed by atoms with E-state index in [1.807, 2.05) is 20.8 Å². The summed E-state index contributed by atoms with van der Waals surface area (Å²) in [6, 6.07) is -0.142. The van der Waals surface area contributed by atoms with Crippen molar-refractivity contribution in [1.29, 1.82) is 0 Å². The van der Waals surface area contributed by atoms with Gasteiger partial charge in [0, 0.05) is 31.4 Å². The molecule has 0 radical (unpaired) electrons. The number of ether oxygens (including phenoxy) is 1. The Balaban J connectivity index is 1.86. The molecule has 0 aliphatic carbocycles. The first-order chi connectivity index (χ1) is 11.3. The summed E-state index contributed by atoms with van der Waals surface area (Å²) < 4.78 is 5.40. The van der Waals surface area contributed by atoms with Crippen LogP contribution in [0.2, 0.25) is 5.15 Å². The lowest BCUT2D eigenvalue weighted by Gasteiger charge is -2.28. The second-order valence-electron chi connectivity index (χ2n) is 6.74. The molecule has 1 N–H and O–H groups in total. The third-order valence-corrected chi connectivity index (χ3v) is 3.92. The van der Waals surface area contributed by atoms with Gasteiger partial charge in [0.1, 0.15) is 5.60 Å². The van der Waals surface area contributed by atoms with E-state index in [1.54, 1.807) is 4.90 Å². The number of halogens is 1. The molecule has 132 valence electrons. The van der Waals surface area contributed by atoms with Gasteiger partial charge in [0.15, 0.2) is 5.15 Å². The molecule has 24 heavy (non-hydrogen) atoms. The highest BCUT2D eigenvalue weighted by molar-refractivity contribution is 6.29. The van der Waals surface area contributed by atoms with Crippen LogP contribution in [0.15, 0.2) is 12.4 Å². The lowest BCUT2D eigenvalue weighted by atomic mass is 10.1. The van der Waals surface area contributed by atoms with E-state index in [9.17, 15) is 9.59 Å². The van der Waals surface area contributed by atoms with Crippen LogP contribution in [0.5, 0.6) is 0 Å². The highest BCUT2D eigenvalue weighted by Gasteiger charge is 2.33. The van der Waals surface area contributed by atoms with Crippen LogP contribution in [-0.4, -0.2) is 45.1 Å². The molecule has 8 heteroatoms. The molecule has 0 bridgehead atoms. The van der Waals surface area contributed by atoms with Gasteiger partial charge in [-0.05, 0) is 33.6 Å². The third kappa shape index (κ3) is 5.33. The SMILES string of the molecule is CC(C)(C)OC(=O)N1CCCC1CC(=O)NCc1nccnc1Cl. The Bertz CT molecular complexity index is 603. The molecule has 0 saturated carbocycles. The lowest BCUT2D eigenvalue weighted by Crippen LogP contribution is -2.42. The maximum Gasteiger partial charge on any atom is 0.410 e. The monoisotopic (exact) mass is 354 g/mol. The smallest absolute Gasteiger partial charge is 0.410 e. The summed E-state index contributed by atoms with van der Waals surface area (Å²) in [6.45, 7) is 6.31. The van der Waals surface area contributed by atoms with Gasteiger partial charge in [0.25, 0.3) is 0 Å². The topological polar surface area (TPSA) is 84.4 Å². The van der Waals surface area contributed by atoms with E-state index in [4.69, 9.17) is 16.3 Å². The van der Waals surface area contributed by atoms with Gasteiger partial charge < -0.3 is 15.0 Å². The highest BCUT2D eigenvalue weighted by Crippen LogP contribution is 2.23. The van der Waals surface area contributed by atoms with Crippen molar-refractivity contribution < 1.29 is 14.3 Å². The van der Waals surface area contributed by atoms with E-state index in [1.165, 1.54) is 12.4 Å². The first kappa shape index (κ1) is 18.4. The molecular weight excluding hydrogens is 332 g/mol. The standard InChI is InChI=1S/C16H23ClN4O3/c1-16(2,3)24-15(23)21-8-4-5-11(21)9-13(22)20-10-12-14(17)19-7-6-18-12/h6-7,11H,4-5,8-10H2,1-3H3,(H,20,22). The van der Waals surface area contributed by atoms with E-state index in [2.05, 4.69) is 15.3 Å². The molecule has 0 aromatic carbocycles. The van der Waals surface area contributed by atoms with Crippen molar-refractivity contribution in [2.24, 2.45) is 0 Å². The van der Waals surface area contributed by atoms with Crippen molar-refractivity contribution in [1.82, 2.24) is 20.2 Å². The van der Waals surface area contributed by atoms with Crippen LogP contribution in [0, 0.1) is 0 Å². The van der Waals surface area contributed by atoms with Crippen LogP contribution in [0.25, 0.3) is 0 Å². The van der Waals surface area contributed by atoms with Gasteiger partial charge in [-0.1, -0.05) is 11.6 Å². The van der Waals surface area contributed by atoms with Crippen LogP contribution >= 0.6 is 11.6 Å². The second kappa shape index (κ2) is 7.79. The number of rotatable bonds is 4. The number of hydrogen-bond donors (Lipinski definition) is 1.